The van der Waals surface area contributed by atoms with Crippen LogP contribution in [-0.2, 0) is 13.0 Å². The summed E-state index contributed by atoms with van der Waals surface area (Å²) in [5.74, 6) is -0.188. The summed E-state index contributed by atoms with van der Waals surface area (Å²) in [5, 5.41) is 3.60. The number of nitrogens with zero attached hydrogens (tertiary/aromatic N) is 2. The number of fused-ring (bicyclic) bond motifs is 1. The molecule has 1 aromatic heterocycles. The molecule has 2 aromatic carbocycles. The first-order valence-corrected chi connectivity index (χ1v) is 9.35. The second kappa shape index (κ2) is 7.41. The Morgan fingerprint density at radius 1 is 1.19 bits per heavy atom. The number of nitrogens with one attached hydrogen (secondary N) is 1. The van der Waals surface area contributed by atoms with Crippen molar-refractivity contribution in [2.75, 3.05) is 4.90 Å². The lowest BCUT2D eigenvalue weighted by atomic mass is 10.1. The van der Waals surface area contributed by atoms with Crippen LogP contribution >= 0.6 is 11.6 Å². The number of halogens is 1. The van der Waals surface area contributed by atoms with Gasteiger partial charge in [-0.15, -0.1) is 0 Å². The Hall–Kier alpha value is -2.85. The number of carbonyl (C=O) groups is 1. The molecule has 4 rings (SSSR count). The summed E-state index contributed by atoms with van der Waals surface area (Å²) in [6.07, 6.45) is 2.69. The molecule has 5 heteroatoms. The van der Waals surface area contributed by atoms with Gasteiger partial charge in [0, 0.05) is 35.2 Å². The van der Waals surface area contributed by atoms with Crippen LogP contribution in [0.3, 0.4) is 0 Å². The van der Waals surface area contributed by atoms with Crippen molar-refractivity contribution in [2.24, 2.45) is 0 Å². The zero-order chi connectivity index (χ0) is 18.8. The number of pyridine rings is 1. The summed E-state index contributed by atoms with van der Waals surface area (Å²) in [7, 11) is 0. The van der Waals surface area contributed by atoms with Crippen LogP contribution in [0.5, 0.6) is 0 Å². The molecule has 1 amide bonds. The lowest BCUT2D eigenvalue weighted by Crippen LogP contribution is -2.26. The molecular formula is C22H20ClN3O. The topological polar surface area (TPSA) is 45.2 Å². The van der Waals surface area contributed by atoms with E-state index in [-0.39, 0.29) is 5.91 Å². The number of rotatable bonds is 4. The number of benzene rings is 2. The summed E-state index contributed by atoms with van der Waals surface area (Å²) < 4.78 is 0. The Bertz CT molecular complexity index is 971. The van der Waals surface area contributed by atoms with Crippen molar-refractivity contribution in [3.05, 3.63) is 88.7 Å². The van der Waals surface area contributed by atoms with Crippen molar-refractivity contribution in [3.8, 4) is 0 Å². The maximum Gasteiger partial charge on any atom is 0.270 e. The first-order valence-electron chi connectivity index (χ1n) is 8.97. The van der Waals surface area contributed by atoms with Gasteiger partial charge in [-0.3, -0.25) is 9.78 Å². The lowest BCUT2D eigenvalue weighted by Gasteiger charge is -2.25. The van der Waals surface area contributed by atoms with E-state index in [2.05, 4.69) is 40.3 Å². The standard InChI is InChI=1S/C22H20ClN3O/c1-15-12-17-4-2-3-5-21(17)26(15)19-10-11-24-20(13-19)22(27)25-14-16-6-8-18(23)9-7-16/h2-11,13,15H,12,14H2,1H3,(H,25,27). The van der Waals surface area contributed by atoms with E-state index in [0.717, 1.165) is 17.7 Å². The second-order valence-corrected chi connectivity index (χ2v) is 7.20. The average Bonchev–Trinajstić information content (AvgIpc) is 3.03. The van der Waals surface area contributed by atoms with E-state index in [1.807, 2.05) is 42.5 Å². The number of aromatic nitrogens is 1. The van der Waals surface area contributed by atoms with Gasteiger partial charge in [0.05, 0.1) is 0 Å². The molecule has 27 heavy (non-hydrogen) atoms. The van der Waals surface area contributed by atoms with Crippen molar-refractivity contribution in [1.29, 1.82) is 0 Å². The van der Waals surface area contributed by atoms with Gasteiger partial charge >= 0.3 is 0 Å². The first kappa shape index (κ1) is 17.6. The molecule has 0 saturated heterocycles. The molecule has 0 fully saturated rings. The van der Waals surface area contributed by atoms with Crippen molar-refractivity contribution in [2.45, 2.75) is 25.9 Å². The van der Waals surface area contributed by atoms with Gasteiger partial charge in [-0.05, 0) is 54.8 Å². The van der Waals surface area contributed by atoms with Crippen LogP contribution in [0, 0.1) is 0 Å². The predicted octanol–water partition coefficient (Wildman–Crippen LogP) is 4.75. The van der Waals surface area contributed by atoms with Gasteiger partial charge in [0.15, 0.2) is 0 Å². The minimum atomic E-state index is -0.188. The molecule has 0 radical (unpaired) electrons. The van der Waals surface area contributed by atoms with E-state index in [1.165, 1.54) is 11.3 Å². The summed E-state index contributed by atoms with van der Waals surface area (Å²) in [6.45, 7) is 2.63. The predicted molar refractivity (Wildman–Crippen MR) is 109 cm³/mol. The molecule has 0 bridgehead atoms. The lowest BCUT2D eigenvalue weighted by molar-refractivity contribution is 0.0946. The molecule has 2 heterocycles. The Morgan fingerprint density at radius 2 is 1.96 bits per heavy atom. The molecule has 0 saturated carbocycles. The summed E-state index contributed by atoms with van der Waals surface area (Å²) in [6, 6.07) is 20.0. The summed E-state index contributed by atoms with van der Waals surface area (Å²) in [4.78, 5) is 19.1. The van der Waals surface area contributed by atoms with Crippen LogP contribution in [0.15, 0.2) is 66.9 Å². The average molecular weight is 378 g/mol. The quantitative estimate of drug-likeness (QED) is 0.713. The van der Waals surface area contributed by atoms with E-state index in [0.29, 0.717) is 23.3 Å². The number of amides is 1. The number of para-hydroxylation sites is 1. The van der Waals surface area contributed by atoms with Crippen LogP contribution in [0.4, 0.5) is 11.4 Å². The molecular weight excluding hydrogens is 358 g/mol. The van der Waals surface area contributed by atoms with Crippen molar-refractivity contribution >= 4 is 28.9 Å². The van der Waals surface area contributed by atoms with E-state index in [4.69, 9.17) is 11.6 Å². The van der Waals surface area contributed by atoms with E-state index >= 15 is 0 Å². The van der Waals surface area contributed by atoms with Crippen LogP contribution in [-0.4, -0.2) is 16.9 Å². The maximum atomic E-state index is 12.6. The first-order chi connectivity index (χ1) is 13.1. The van der Waals surface area contributed by atoms with Gasteiger partial charge in [-0.1, -0.05) is 41.9 Å². The van der Waals surface area contributed by atoms with Crippen molar-refractivity contribution < 1.29 is 4.79 Å². The Labute approximate surface area is 163 Å². The molecule has 1 aliphatic heterocycles. The van der Waals surface area contributed by atoms with Gasteiger partial charge in [-0.2, -0.15) is 0 Å². The summed E-state index contributed by atoms with van der Waals surface area (Å²) in [5.41, 5.74) is 4.92. The van der Waals surface area contributed by atoms with E-state index in [9.17, 15) is 4.79 Å². The van der Waals surface area contributed by atoms with Crippen molar-refractivity contribution in [1.82, 2.24) is 10.3 Å². The SMILES string of the molecule is CC1Cc2ccccc2N1c1ccnc(C(=O)NCc2ccc(Cl)cc2)c1. The van der Waals surface area contributed by atoms with E-state index < -0.39 is 0 Å². The normalized spacial score (nSPS) is 15.5. The van der Waals surface area contributed by atoms with E-state index in [1.54, 1.807) is 6.20 Å². The molecule has 0 spiro atoms. The second-order valence-electron chi connectivity index (χ2n) is 6.76. The number of hydrogen-bond acceptors (Lipinski definition) is 3. The molecule has 4 nitrogen and oxygen atoms in total. The Balaban J connectivity index is 1.52. The smallest absolute Gasteiger partial charge is 0.270 e. The molecule has 0 aliphatic carbocycles. The Kier molecular flexibility index (Phi) is 4.82. The summed E-state index contributed by atoms with van der Waals surface area (Å²) >= 11 is 5.90. The zero-order valence-corrected chi connectivity index (χ0v) is 15.8. The number of carbonyl (C=O) groups excluding carboxylic acids is 1. The van der Waals surface area contributed by atoms with Gasteiger partial charge in [0.2, 0.25) is 0 Å². The van der Waals surface area contributed by atoms with Crippen LogP contribution in [0.25, 0.3) is 0 Å². The van der Waals surface area contributed by atoms with Gasteiger partial charge in [-0.25, -0.2) is 0 Å². The third-order valence-corrected chi connectivity index (χ3v) is 5.08. The minimum Gasteiger partial charge on any atom is -0.347 e. The highest BCUT2D eigenvalue weighted by Crippen LogP contribution is 2.37. The highest BCUT2D eigenvalue weighted by atomic mass is 35.5. The van der Waals surface area contributed by atoms with Crippen LogP contribution in [0.1, 0.15) is 28.5 Å². The number of hydrogen-bond donors (Lipinski definition) is 1. The fraction of sp³-hybridized carbons (Fsp3) is 0.182. The molecule has 1 N–H and O–H groups in total. The largest absolute Gasteiger partial charge is 0.347 e. The van der Waals surface area contributed by atoms with Crippen LogP contribution in [0.2, 0.25) is 5.02 Å². The van der Waals surface area contributed by atoms with Gasteiger partial charge in [0.25, 0.3) is 5.91 Å². The third-order valence-electron chi connectivity index (χ3n) is 4.83. The monoisotopic (exact) mass is 377 g/mol. The molecule has 3 aromatic rings. The Morgan fingerprint density at radius 3 is 2.78 bits per heavy atom. The third kappa shape index (κ3) is 3.67. The fourth-order valence-corrected chi connectivity index (χ4v) is 3.65. The fourth-order valence-electron chi connectivity index (χ4n) is 3.53. The van der Waals surface area contributed by atoms with Gasteiger partial charge < -0.3 is 10.2 Å². The zero-order valence-electron chi connectivity index (χ0n) is 15.0. The maximum absolute atomic E-state index is 12.6. The van der Waals surface area contributed by atoms with Crippen molar-refractivity contribution in [3.63, 3.8) is 0 Å². The molecule has 136 valence electrons. The van der Waals surface area contributed by atoms with Crippen LogP contribution < -0.4 is 10.2 Å². The molecule has 1 aliphatic rings. The molecule has 1 atom stereocenters. The molecule has 1 unspecified atom stereocenters. The highest BCUT2D eigenvalue weighted by molar-refractivity contribution is 6.30. The highest BCUT2D eigenvalue weighted by Gasteiger charge is 2.27. The van der Waals surface area contributed by atoms with Gasteiger partial charge in [0.1, 0.15) is 5.69 Å². The number of anilines is 2. The minimum absolute atomic E-state index is 0.188.